The summed E-state index contributed by atoms with van der Waals surface area (Å²) in [6, 6.07) is 3.30. The Morgan fingerprint density at radius 3 is 2.28 bits per heavy atom. The molecule has 12 nitrogen and oxygen atoms in total. The zero-order valence-electron chi connectivity index (χ0n) is 15.3. The van der Waals surface area contributed by atoms with Crippen molar-refractivity contribution in [3.63, 3.8) is 0 Å². The van der Waals surface area contributed by atoms with Crippen molar-refractivity contribution in [3.8, 4) is 5.88 Å². The molecule has 0 saturated carbocycles. The van der Waals surface area contributed by atoms with E-state index in [0.29, 0.717) is 0 Å². The molecule has 29 heavy (non-hydrogen) atoms. The van der Waals surface area contributed by atoms with Crippen molar-refractivity contribution in [1.29, 1.82) is 0 Å². The molecule has 0 amide bonds. The smallest absolute Gasteiger partial charge is 0.296 e. The van der Waals surface area contributed by atoms with Crippen LogP contribution < -0.4 is 11.3 Å². The standard InChI is InChI=1S/C15H18N4O8S2/c1-3-19-14(20)10(7-28(22,23)24)8(2)13(15(19)21)18-17-11-6-9(16)4-5-12(11)29(25,26)27/h4-6,20H,3,7,16H2,1-2H3,(H,22,23,24)(H,25,26,27). The number of aromatic hydroxyl groups is 1. The fourth-order valence-electron chi connectivity index (χ4n) is 2.56. The third-order valence-corrected chi connectivity index (χ3v) is 5.50. The number of hydrogen-bond donors (Lipinski definition) is 4. The van der Waals surface area contributed by atoms with Gasteiger partial charge in [-0.1, -0.05) is 0 Å². The highest BCUT2D eigenvalue weighted by Crippen LogP contribution is 2.31. The predicted molar refractivity (Wildman–Crippen MR) is 103 cm³/mol. The molecule has 0 aliphatic rings. The van der Waals surface area contributed by atoms with Crippen LogP contribution in [0.1, 0.15) is 18.1 Å². The maximum absolute atomic E-state index is 12.6. The monoisotopic (exact) mass is 446 g/mol. The Hall–Kier alpha value is -2.81. The number of hydrogen-bond acceptors (Lipinski definition) is 9. The number of azo groups is 1. The number of nitrogen functional groups attached to an aromatic ring is 1. The Balaban J connectivity index is 2.76. The van der Waals surface area contributed by atoms with Crippen molar-refractivity contribution in [1.82, 2.24) is 4.57 Å². The van der Waals surface area contributed by atoms with Gasteiger partial charge in [-0.15, -0.1) is 10.2 Å². The minimum absolute atomic E-state index is 0.0551. The molecule has 0 spiro atoms. The van der Waals surface area contributed by atoms with Crippen LogP contribution in [-0.2, 0) is 32.5 Å². The van der Waals surface area contributed by atoms with Crippen LogP contribution in [0.5, 0.6) is 5.88 Å². The van der Waals surface area contributed by atoms with Crippen LogP contribution >= 0.6 is 0 Å². The Morgan fingerprint density at radius 2 is 1.76 bits per heavy atom. The maximum atomic E-state index is 12.6. The number of nitrogens with zero attached hydrogens (tertiary/aromatic N) is 3. The van der Waals surface area contributed by atoms with Gasteiger partial charge in [-0.2, -0.15) is 16.8 Å². The summed E-state index contributed by atoms with van der Waals surface area (Å²) in [5.74, 6) is -1.64. The highest BCUT2D eigenvalue weighted by Gasteiger charge is 2.22. The maximum Gasteiger partial charge on any atom is 0.296 e. The summed E-state index contributed by atoms with van der Waals surface area (Å²) < 4.78 is 64.7. The van der Waals surface area contributed by atoms with Crippen molar-refractivity contribution in [2.45, 2.75) is 31.0 Å². The molecular formula is C15H18N4O8S2. The van der Waals surface area contributed by atoms with E-state index in [0.717, 1.165) is 16.7 Å². The lowest BCUT2D eigenvalue weighted by Gasteiger charge is -2.14. The van der Waals surface area contributed by atoms with E-state index in [1.165, 1.54) is 19.9 Å². The first-order valence-electron chi connectivity index (χ1n) is 7.95. The molecule has 0 saturated heterocycles. The molecule has 0 unspecified atom stereocenters. The Kier molecular flexibility index (Phi) is 6.13. The average molecular weight is 446 g/mol. The first kappa shape index (κ1) is 22.5. The van der Waals surface area contributed by atoms with Crippen molar-refractivity contribution in [2.24, 2.45) is 10.2 Å². The molecule has 14 heteroatoms. The summed E-state index contributed by atoms with van der Waals surface area (Å²) in [6.45, 7) is 2.72. The summed E-state index contributed by atoms with van der Waals surface area (Å²) in [5.41, 5.74) is 3.74. The van der Waals surface area contributed by atoms with Gasteiger partial charge < -0.3 is 10.8 Å². The SMILES string of the molecule is CCn1c(O)c(CS(=O)(=O)O)c(C)c(N=Nc2cc(N)ccc2S(=O)(=O)O)c1=O. The molecule has 1 heterocycles. The van der Waals surface area contributed by atoms with Crippen molar-refractivity contribution in [3.05, 3.63) is 39.7 Å². The second kappa shape index (κ2) is 7.90. The highest BCUT2D eigenvalue weighted by molar-refractivity contribution is 7.86. The molecular weight excluding hydrogens is 428 g/mol. The molecule has 2 rings (SSSR count). The van der Waals surface area contributed by atoms with E-state index in [2.05, 4.69) is 10.2 Å². The molecule has 0 radical (unpaired) electrons. The van der Waals surface area contributed by atoms with E-state index in [-0.39, 0.29) is 29.0 Å². The zero-order valence-corrected chi connectivity index (χ0v) is 16.9. The number of rotatable bonds is 6. The van der Waals surface area contributed by atoms with Gasteiger partial charge in [0, 0.05) is 17.8 Å². The topological polar surface area (TPSA) is 202 Å². The molecule has 2 aromatic rings. The number of pyridine rings is 1. The van der Waals surface area contributed by atoms with E-state index in [1.54, 1.807) is 0 Å². The van der Waals surface area contributed by atoms with Crippen LogP contribution in [0.15, 0.2) is 38.1 Å². The molecule has 1 aromatic carbocycles. The molecule has 0 bridgehead atoms. The van der Waals surface area contributed by atoms with Gasteiger partial charge in [-0.05, 0) is 37.6 Å². The molecule has 0 aliphatic heterocycles. The number of nitrogens with two attached hydrogens (primary N) is 1. The van der Waals surface area contributed by atoms with Gasteiger partial charge in [0.1, 0.15) is 16.3 Å². The molecule has 158 valence electrons. The van der Waals surface area contributed by atoms with Crippen molar-refractivity contribution < 1.29 is 31.0 Å². The third-order valence-electron chi connectivity index (χ3n) is 3.94. The Bertz CT molecular complexity index is 1260. The number of benzene rings is 1. The van der Waals surface area contributed by atoms with Crippen LogP contribution in [0, 0.1) is 6.92 Å². The van der Waals surface area contributed by atoms with Crippen LogP contribution in [0.4, 0.5) is 17.1 Å². The fraction of sp³-hybridized carbons (Fsp3) is 0.267. The second-order valence-electron chi connectivity index (χ2n) is 5.95. The van der Waals surface area contributed by atoms with Crippen molar-refractivity contribution in [2.75, 3.05) is 5.73 Å². The minimum Gasteiger partial charge on any atom is -0.494 e. The predicted octanol–water partition coefficient (Wildman–Crippen LogP) is 1.51. The van der Waals surface area contributed by atoms with E-state index >= 15 is 0 Å². The first-order valence-corrected chi connectivity index (χ1v) is 11.0. The van der Waals surface area contributed by atoms with Gasteiger partial charge in [0.05, 0.1) is 0 Å². The molecule has 1 aromatic heterocycles. The zero-order chi connectivity index (χ0) is 22.1. The van der Waals surface area contributed by atoms with Gasteiger partial charge in [-0.25, -0.2) is 0 Å². The van der Waals surface area contributed by atoms with E-state index in [1.807, 2.05) is 0 Å². The average Bonchev–Trinajstić information content (AvgIpc) is 2.57. The fourth-order valence-corrected chi connectivity index (χ4v) is 3.87. The quantitative estimate of drug-likeness (QED) is 0.288. The van der Waals surface area contributed by atoms with Gasteiger partial charge in [0.25, 0.3) is 25.8 Å². The Morgan fingerprint density at radius 1 is 1.14 bits per heavy atom. The third kappa shape index (κ3) is 4.97. The lowest BCUT2D eigenvalue weighted by molar-refractivity contribution is 0.403. The van der Waals surface area contributed by atoms with E-state index in [9.17, 15) is 31.3 Å². The van der Waals surface area contributed by atoms with Gasteiger partial charge in [-0.3, -0.25) is 18.5 Å². The molecule has 5 N–H and O–H groups in total. The molecule has 0 atom stereocenters. The Labute approximate surface area is 165 Å². The summed E-state index contributed by atoms with van der Waals surface area (Å²) >= 11 is 0. The van der Waals surface area contributed by atoms with Crippen molar-refractivity contribution >= 4 is 37.3 Å². The van der Waals surface area contributed by atoms with Gasteiger partial charge in [0.15, 0.2) is 11.6 Å². The minimum atomic E-state index is -4.67. The number of aromatic nitrogens is 1. The van der Waals surface area contributed by atoms with E-state index < -0.39 is 48.0 Å². The van der Waals surface area contributed by atoms with E-state index in [4.69, 9.17) is 10.3 Å². The number of anilines is 1. The van der Waals surface area contributed by atoms with Gasteiger partial charge in [0.2, 0.25) is 0 Å². The molecule has 0 fully saturated rings. The summed E-state index contributed by atoms with van der Waals surface area (Å²) in [7, 11) is -9.22. The molecule has 0 aliphatic carbocycles. The largest absolute Gasteiger partial charge is 0.494 e. The second-order valence-corrected chi connectivity index (χ2v) is 8.80. The van der Waals surface area contributed by atoms with Crippen LogP contribution in [-0.4, -0.2) is 35.6 Å². The van der Waals surface area contributed by atoms with Crippen LogP contribution in [0.2, 0.25) is 0 Å². The lowest BCUT2D eigenvalue weighted by Crippen LogP contribution is -2.22. The van der Waals surface area contributed by atoms with Crippen LogP contribution in [0.25, 0.3) is 0 Å². The summed E-state index contributed by atoms with van der Waals surface area (Å²) in [6.07, 6.45) is 0. The lowest BCUT2D eigenvalue weighted by atomic mass is 10.1. The summed E-state index contributed by atoms with van der Waals surface area (Å²) in [4.78, 5) is 12.0. The highest BCUT2D eigenvalue weighted by atomic mass is 32.2. The summed E-state index contributed by atoms with van der Waals surface area (Å²) in [5, 5.41) is 17.6. The van der Waals surface area contributed by atoms with Crippen LogP contribution in [0.3, 0.4) is 0 Å². The van der Waals surface area contributed by atoms with Gasteiger partial charge >= 0.3 is 0 Å². The normalized spacial score (nSPS) is 12.6. The first-order chi connectivity index (χ1) is 13.3.